The van der Waals surface area contributed by atoms with Crippen molar-refractivity contribution >= 4 is 40.7 Å². The highest BCUT2D eigenvalue weighted by molar-refractivity contribution is 7.99. The molecular weight excluding hydrogens is 488 g/mol. The summed E-state index contributed by atoms with van der Waals surface area (Å²) in [5.41, 5.74) is 5.12. The van der Waals surface area contributed by atoms with Crippen LogP contribution in [0.1, 0.15) is 12.5 Å². The van der Waals surface area contributed by atoms with Crippen molar-refractivity contribution in [3.63, 3.8) is 0 Å². The molecule has 35 heavy (non-hydrogen) atoms. The second-order valence-electron chi connectivity index (χ2n) is 7.31. The molecular formula is C24H19ClN6O3S. The Morgan fingerprint density at radius 3 is 2.54 bits per heavy atom. The van der Waals surface area contributed by atoms with Gasteiger partial charge in [-0.05, 0) is 31.2 Å². The van der Waals surface area contributed by atoms with E-state index in [2.05, 4.69) is 20.7 Å². The summed E-state index contributed by atoms with van der Waals surface area (Å²) in [6, 6.07) is 22.9. The maximum atomic E-state index is 12.5. The Labute approximate surface area is 210 Å². The first-order chi connectivity index (χ1) is 16.9. The predicted molar refractivity (Wildman–Crippen MR) is 136 cm³/mol. The van der Waals surface area contributed by atoms with E-state index in [0.717, 1.165) is 11.3 Å². The molecule has 0 aliphatic heterocycles. The van der Waals surface area contributed by atoms with Gasteiger partial charge in [0.25, 0.3) is 11.6 Å². The molecule has 9 nitrogen and oxygen atoms in total. The number of nitro benzene ring substituents is 1. The van der Waals surface area contributed by atoms with Crippen LogP contribution >= 0.6 is 23.4 Å². The van der Waals surface area contributed by atoms with Gasteiger partial charge in [0.15, 0.2) is 11.0 Å². The minimum absolute atomic E-state index is 0.0340. The fraction of sp³-hybridized carbons (Fsp3) is 0.0833. The first-order valence-electron chi connectivity index (χ1n) is 10.4. The Kier molecular flexibility index (Phi) is 7.54. The molecule has 0 saturated carbocycles. The van der Waals surface area contributed by atoms with Crippen LogP contribution in [0.15, 0.2) is 89.1 Å². The van der Waals surface area contributed by atoms with Crippen LogP contribution in [-0.2, 0) is 4.79 Å². The molecule has 3 aromatic carbocycles. The number of hydrazone groups is 1. The standard InChI is InChI=1S/C24H19ClN6O3S/c1-16(18-8-5-9-21(14-18)31(33)34)26-27-22(32)15-35-24-29-28-23(17-6-3-2-4-7-17)30(24)20-12-10-19(25)11-13-20/h2-14H,15H2,1H3,(H,27,32). The van der Waals surface area contributed by atoms with Crippen molar-refractivity contribution in [2.24, 2.45) is 5.10 Å². The average Bonchev–Trinajstić information content (AvgIpc) is 3.31. The van der Waals surface area contributed by atoms with E-state index in [0.29, 0.717) is 27.3 Å². The van der Waals surface area contributed by atoms with E-state index in [-0.39, 0.29) is 17.3 Å². The largest absolute Gasteiger partial charge is 0.272 e. The van der Waals surface area contributed by atoms with Crippen LogP contribution in [0.4, 0.5) is 5.69 Å². The number of nitro groups is 1. The smallest absolute Gasteiger partial charge is 0.270 e. The molecule has 1 amide bonds. The van der Waals surface area contributed by atoms with Crippen LogP contribution in [0.5, 0.6) is 0 Å². The number of thioether (sulfide) groups is 1. The van der Waals surface area contributed by atoms with E-state index in [4.69, 9.17) is 11.6 Å². The van der Waals surface area contributed by atoms with Crippen molar-refractivity contribution in [1.82, 2.24) is 20.2 Å². The number of aromatic nitrogens is 3. The van der Waals surface area contributed by atoms with Gasteiger partial charge in [0.05, 0.1) is 16.4 Å². The molecule has 0 spiro atoms. The third-order valence-electron chi connectivity index (χ3n) is 4.91. The van der Waals surface area contributed by atoms with Crippen LogP contribution in [0, 0.1) is 10.1 Å². The van der Waals surface area contributed by atoms with Gasteiger partial charge in [0.1, 0.15) is 0 Å². The highest BCUT2D eigenvalue weighted by atomic mass is 35.5. The van der Waals surface area contributed by atoms with Crippen molar-refractivity contribution in [1.29, 1.82) is 0 Å². The molecule has 0 fully saturated rings. The molecule has 1 aromatic heterocycles. The van der Waals surface area contributed by atoms with E-state index in [9.17, 15) is 14.9 Å². The van der Waals surface area contributed by atoms with Gasteiger partial charge < -0.3 is 0 Å². The van der Waals surface area contributed by atoms with E-state index in [1.165, 1.54) is 23.9 Å². The van der Waals surface area contributed by atoms with E-state index >= 15 is 0 Å². The number of nitrogens with one attached hydrogen (secondary N) is 1. The lowest BCUT2D eigenvalue weighted by atomic mass is 10.1. The van der Waals surface area contributed by atoms with Crippen molar-refractivity contribution < 1.29 is 9.72 Å². The molecule has 0 unspecified atom stereocenters. The second-order valence-corrected chi connectivity index (χ2v) is 8.69. The topological polar surface area (TPSA) is 115 Å². The van der Waals surface area contributed by atoms with E-state index < -0.39 is 4.92 Å². The first kappa shape index (κ1) is 24.1. The molecule has 4 rings (SSSR count). The van der Waals surface area contributed by atoms with Crippen LogP contribution in [0.2, 0.25) is 5.02 Å². The number of carbonyl (C=O) groups is 1. The lowest BCUT2D eigenvalue weighted by Crippen LogP contribution is -2.21. The zero-order valence-electron chi connectivity index (χ0n) is 18.5. The third-order valence-corrected chi connectivity index (χ3v) is 6.09. The molecule has 0 radical (unpaired) electrons. The number of amides is 1. The minimum Gasteiger partial charge on any atom is -0.272 e. The highest BCUT2D eigenvalue weighted by Gasteiger charge is 2.17. The SMILES string of the molecule is CC(=NNC(=O)CSc1nnc(-c2ccccc2)n1-c1ccc(Cl)cc1)c1cccc([N+](=O)[O-])c1. The fourth-order valence-electron chi connectivity index (χ4n) is 3.18. The minimum atomic E-state index is -0.480. The van der Waals surface area contributed by atoms with E-state index in [1.54, 1.807) is 31.2 Å². The monoisotopic (exact) mass is 506 g/mol. The summed E-state index contributed by atoms with van der Waals surface area (Å²) >= 11 is 7.27. The highest BCUT2D eigenvalue weighted by Crippen LogP contribution is 2.28. The van der Waals surface area contributed by atoms with Gasteiger partial charge in [0.2, 0.25) is 0 Å². The van der Waals surface area contributed by atoms with Crippen LogP contribution in [-0.4, -0.2) is 37.1 Å². The molecule has 0 saturated heterocycles. The Bertz CT molecular complexity index is 1390. The summed E-state index contributed by atoms with van der Waals surface area (Å²) in [5, 5.41) is 24.8. The molecule has 0 aliphatic rings. The summed E-state index contributed by atoms with van der Waals surface area (Å²) in [6.45, 7) is 1.66. The third kappa shape index (κ3) is 5.92. The van der Waals surface area contributed by atoms with Crippen molar-refractivity contribution in [2.75, 3.05) is 5.75 Å². The zero-order chi connectivity index (χ0) is 24.8. The van der Waals surface area contributed by atoms with Gasteiger partial charge in [0, 0.05) is 34.0 Å². The Morgan fingerprint density at radius 1 is 1.09 bits per heavy atom. The molecule has 0 aliphatic carbocycles. The fourth-order valence-corrected chi connectivity index (χ4v) is 4.05. The number of hydrogen-bond donors (Lipinski definition) is 1. The van der Waals surface area contributed by atoms with Gasteiger partial charge >= 0.3 is 0 Å². The Hall–Kier alpha value is -4.02. The second kappa shape index (κ2) is 10.9. The molecule has 0 atom stereocenters. The van der Waals surface area contributed by atoms with Gasteiger partial charge in [-0.25, -0.2) is 5.43 Å². The summed E-state index contributed by atoms with van der Waals surface area (Å²) in [6.07, 6.45) is 0. The number of carbonyl (C=O) groups excluding carboxylic acids is 1. The van der Waals surface area contributed by atoms with Gasteiger partial charge in [-0.2, -0.15) is 5.10 Å². The Morgan fingerprint density at radius 2 is 1.83 bits per heavy atom. The lowest BCUT2D eigenvalue weighted by Gasteiger charge is -2.10. The van der Waals surface area contributed by atoms with Crippen molar-refractivity contribution in [3.05, 3.63) is 99.6 Å². The van der Waals surface area contributed by atoms with Crippen molar-refractivity contribution in [2.45, 2.75) is 12.1 Å². The van der Waals surface area contributed by atoms with Gasteiger partial charge in [-0.3, -0.25) is 19.5 Å². The quantitative estimate of drug-likeness (QED) is 0.153. The van der Waals surface area contributed by atoms with Gasteiger partial charge in [-0.15, -0.1) is 10.2 Å². The molecule has 176 valence electrons. The van der Waals surface area contributed by atoms with Gasteiger partial charge in [-0.1, -0.05) is 65.8 Å². The normalized spacial score (nSPS) is 11.3. The molecule has 11 heteroatoms. The van der Waals surface area contributed by atoms with Crippen LogP contribution < -0.4 is 5.43 Å². The van der Waals surface area contributed by atoms with E-state index in [1.807, 2.05) is 47.0 Å². The van der Waals surface area contributed by atoms with Crippen molar-refractivity contribution in [3.8, 4) is 17.1 Å². The number of halogens is 1. The maximum Gasteiger partial charge on any atom is 0.270 e. The van der Waals surface area contributed by atoms with Crippen LogP contribution in [0.25, 0.3) is 17.1 Å². The number of nitrogens with zero attached hydrogens (tertiary/aromatic N) is 5. The maximum absolute atomic E-state index is 12.5. The molecule has 0 bridgehead atoms. The summed E-state index contributed by atoms with van der Waals surface area (Å²) in [5.74, 6) is 0.314. The summed E-state index contributed by atoms with van der Waals surface area (Å²) in [7, 11) is 0. The Balaban J connectivity index is 1.50. The lowest BCUT2D eigenvalue weighted by molar-refractivity contribution is -0.384. The molecule has 1 heterocycles. The average molecular weight is 507 g/mol. The molecule has 1 N–H and O–H groups in total. The number of benzene rings is 3. The zero-order valence-corrected chi connectivity index (χ0v) is 20.0. The summed E-state index contributed by atoms with van der Waals surface area (Å²) < 4.78 is 1.86. The van der Waals surface area contributed by atoms with Crippen LogP contribution in [0.3, 0.4) is 0 Å². The predicted octanol–water partition coefficient (Wildman–Crippen LogP) is 5.13. The first-order valence-corrected chi connectivity index (χ1v) is 11.8. The number of rotatable bonds is 8. The summed E-state index contributed by atoms with van der Waals surface area (Å²) in [4.78, 5) is 23.0. The number of non-ortho nitro benzene ring substituents is 1. The molecule has 4 aromatic rings. The number of hydrogen-bond acceptors (Lipinski definition) is 7.